The van der Waals surface area contributed by atoms with Gasteiger partial charge in [-0.1, -0.05) is 17.9 Å². The molecule has 1 saturated carbocycles. The molecule has 1 fully saturated rings. The second-order valence-corrected chi connectivity index (χ2v) is 6.55. The highest BCUT2D eigenvalue weighted by atomic mass is 16.5. The molecule has 1 aromatic carbocycles. The zero-order chi connectivity index (χ0) is 18.6. The first kappa shape index (κ1) is 17.0. The summed E-state index contributed by atoms with van der Waals surface area (Å²) in [5.41, 5.74) is 2.37. The molecule has 1 aliphatic carbocycles. The summed E-state index contributed by atoms with van der Waals surface area (Å²) in [4.78, 5) is 20.9. The summed E-state index contributed by atoms with van der Waals surface area (Å²) in [6.07, 6.45) is 5.71. The minimum atomic E-state index is -0.147. The number of nitrogens with zero attached hydrogens (tertiary/aromatic N) is 3. The molecule has 5 heteroatoms. The summed E-state index contributed by atoms with van der Waals surface area (Å²) < 4.78 is 7.34. The maximum Gasteiger partial charge on any atom is 0.258 e. The second-order valence-electron chi connectivity index (χ2n) is 6.55. The van der Waals surface area contributed by atoms with E-state index in [1.807, 2.05) is 37.3 Å². The standard InChI is InChI=1S/C22H19N3O2/c1-16-12-20(27-15-21-23-10-3-11-24-21)14-22(26)25(16)19-5-2-4-18(13-19)9-8-17-6-7-17/h2-5,10-14,17H,6-7,15H2,1H3. The monoisotopic (exact) mass is 357 g/mol. The van der Waals surface area contributed by atoms with Crippen LogP contribution < -0.4 is 10.3 Å². The summed E-state index contributed by atoms with van der Waals surface area (Å²) in [6.45, 7) is 2.10. The summed E-state index contributed by atoms with van der Waals surface area (Å²) in [5.74, 6) is 8.08. The van der Waals surface area contributed by atoms with E-state index in [0.29, 0.717) is 17.5 Å². The van der Waals surface area contributed by atoms with E-state index in [-0.39, 0.29) is 12.2 Å². The van der Waals surface area contributed by atoms with Gasteiger partial charge in [0.2, 0.25) is 0 Å². The molecular formula is C22H19N3O2. The first-order chi connectivity index (χ1) is 13.2. The lowest BCUT2D eigenvalue weighted by Crippen LogP contribution is -2.20. The molecular weight excluding hydrogens is 338 g/mol. The van der Waals surface area contributed by atoms with Crippen molar-refractivity contribution in [3.63, 3.8) is 0 Å². The van der Waals surface area contributed by atoms with Crippen molar-refractivity contribution in [2.45, 2.75) is 26.4 Å². The van der Waals surface area contributed by atoms with Gasteiger partial charge < -0.3 is 4.74 Å². The van der Waals surface area contributed by atoms with Crippen molar-refractivity contribution in [2.75, 3.05) is 0 Å². The van der Waals surface area contributed by atoms with Crippen LogP contribution in [0.3, 0.4) is 0 Å². The van der Waals surface area contributed by atoms with E-state index < -0.39 is 0 Å². The fourth-order valence-corrected chi connectivity index (χ4v) is 2.77. The zero-order valence-corrected chi connectivity index (χ0v) is 15.1. The van der Waals surface area contributed by atoms with Gasteiger partial charge in [-0.3, -0.25) is 9.36 Å². The molecule has 27 heavy (non-hydrogen) atoms. The fourth-order valence-electron chi connectivity index (χ4n) is 2.77. The largest absolute Gasteiger partial charge is 0.485 e. The molecule has 4 rings (SSSR count). The van der Waals surface area contributed by atoms with Gasteiger partial charge in [0.1, 0.15) is 12.4 Å². The average molecular weight is 357 g/mol. The molecule has 0 atom stereocenters. The molecule has 0 N–H and O–H groups in total. The average Bonchev–Trinajstić information content (AvgIpc) is 3.50. The predicted molar refractivity (Wildman–Crippen MR) is 103 cm³/mol. The highest BCUT2D eigenvalue weighted by Crippen LogP contribution is 2.27. The normalized spacial score (nSPS) is 12.9. The molecule has 1 aliphatic rings. The Morgan fingerprint density at radius 3 is 2.70 bits per heavy atom. The van der Waals surface area contributed by atoms with Crippen molar-refractivity contribution in [3.8, 4) is 23.3 Å². The Balaban J connectivity index is 1.58. The Hall–Kier alpha value is -3.39. The van der Waals surface area contributed by atoms with E-state index in [1.54, 1.807) is 23.0 Å². The van der Waals surface area contributed by atoms with Gasteiger partial charge in [-0.15, -0.1) is 0 Å². The molecule has 3 aromatic rings. The first-order valence-electron chi connectivity index (χ1n) is 8.93. The van der Waals surface area contributed by atoms with Crippen molar-refractivity contribution < 1.29 is 4.74 Å². The van der Waals surface area contributed by atoms with Crippen molar-refractivity contribution in [2.24, 2.45) is 5.92 Å². The summed E-state index contributed by atoms with van der Waals surface area (Å²) in [5, 5.41) is 0. The lowest BCUT2D eigenvalue weighted by atomic mass is 10.2. The van der Waals surface area contributed by atoms with E-state index in [1.165, 1.54) is 18.9 Å². The Labute approximate surface area is 157 Å². The van der Waals surface area contributed by atoms with Crippen LogP contribution in [0.5, 0.6) is 5.75 Å². The van der Waals surface area contributed by atoms with E-state index in [0.717, 1.165) is 16.9 Å². The van der Waals surface area contributed by atoms with Gasteiger partial charge in [0.25, 0.3) is 5.56 Å². The van der Waals surface area contributed by atoms with E-state index in [2.05, 4.69) is 21.8 Å². The minimum Gasteiger partial charge on any atom is -0.485 e. The lowest BCUT2D eigenvalue weighted by molar-refractivity contribution is 0.294. The van der Waals surface area contributed by atoms with Gasteiger partial charge in [-0.2, -0.15) is 0 Å². The van der Waals surface area contributed by atoms with Crippen molar-refractivity contribution in [3.05, 3.63) is 82.3 Å². The quantitative estimate of drug-likeness (QED) is 0.673. The van der Waals surface area contributed by atoms with Crippen LogP contribution in [0.2, 0.25) is 0 Å². The number of aromatic nitrogens is 3. The third-order valence-electron chi connectivity index (χ3n) is 4.28. The summed E-state index contributed by atoms with van der Waals surface area (Å²) in [6, 6.07) is 12.8. The van der Waals surface area contributed by atoms with Crippen LogP contribution in [0.1, 0.15) is 29.9 Å². The Morgan fingerprint density at radius 1 is 1.15 bits per heavy atom. The molecule has 0 aliphatic heterocycles. The van der Waals surface area contributed by atoms with Crippen LogP contribution in [0.15, 0.2) is 59.7 Å². The first-order valence-corrected chi connectivity index (χ1v) is 8.93. The van der Waals surface area contributed by atoms with Gasteiger partial charge in [-0.05, 0) is 44.0 Å². The van der Waals surface area contributed by atoms with Crippen LogP contribution in [-0.2, 0) is 6.61 Å². The van der Waals surface area contributed by atoms with E-state index in [4.69, 9.17) is 4.74 Å². The zero-order valence-electron chi connectivity index (χ0n) is 15.1. The molecule has 0 bridgehead atoms. The van der Waals surface area contributed by atoms with Gasteiger partial charge in [0.05, 0.1) is 5.69 Å². The number of aryl methyl sites for hydroxylation is 1. The number of hydrogen-bond donors (Lipinski definition) is 0. The number of hydrogen-bond acceptors (Lipinski definition) is 4. The van der Waals surface area contributed by atoms with Gasteiger partial charge in [-0.25, -0.2) is 9.97 Å². The van der Waals surface area contributed by atoms with Crippen LogP contribution >= 0.6 is 0 Å². The van der Waals surface area contributed by atoms with Crippen LogP contribution in [-0.4, -0.2) is 14.5 Å². The summed E-state index contributed by atoms with van der Waals surface area (Å²) >= 11 is 0. The Bertz CT molecular complexity index is 1070. The van der Waals surface area contributed by atoms with Gasteiger partial charge in [0.15, 0.2) is 5.82 Å². The molecule has 0 unspecified atom stereocenters. The topological polar surface area (TPSA) is 57.0 Å². The summed E-state index contributed by atoms with van der Waals surface area (Å²) in [7, 11) is 0. The van der Waals surface area contributed by atoms with Crippen molar-refractivity contribution in [1.29, 1.82) is 0 Å². The number of rotatable bonds is 4. The molecule has 5 nitrogen and oxygen atoms in total. The molecule has 0 amide bonds. The third kappa shape index (κ3) is 4.24. The maximum absolute atomic E-state index is 12.7. The smallest absolute Gasteiger partial charge is 0.258 e. The van der Waals surface area contributed by atoms with Crippen LogP contribution in [0.25, 0.3) is 5.69 Å². The SMILES string of the molecule is Cc1cc(OCc2ncccn2)cc(=O)n1-c1cccc(C#CC2CC2)c1. The molecule has 0 saturated heterocycles. The van der Waals surface area contributed by atoms with Crippen molar-refractivity contribution >= 4 is 0 Å². The molecule has 0 spiro atoms. The highest BCUT2D eigenvalue weighted by molar-refractivity contribution is 5.45. The third-order valence-corrected chi connectivity index (χ3v) is 4.28. The fraction of sp³-hybridized carbons (Fsp3) is 0.227. The lowest BCUT2D eigenvalue weighted by Gasteiger charge is -2.12. The van der Waals surface area contributed by atoms with Crippen LogP contribution in [0, 0.1) is 24.7 Å². The molecule has 134 valence electrons. The van der Waals surface area contributed by atoms with Gasteiger partial charge >= 0.3 is 0 Å². The Morgan fingerprint density at radius 2 is 1.96 bits per heavy atom. The highest BCUT2D eigenvalue weighted by Gasteiger charge is 2.17. The number of ether oxygens (including phenoxy) is 1. The van der Waals surface area contributed by atoms with Crippen LogP contribution in [0.4, 0.5) is 0 Å². The second kappa shape index (κ2) is 7.46. The Kier molecular flexibility index (Phi) is 4.71. The maximum atomic E-state index is 12.7. The molecule has 2 aromatic heterocycles. The van der Waals surface area contributed by atoms with E-state index in [9.17, 15) is 4.79 Å². The van der Waals surface area contributed by atoms with Gasteiger partial charge in [0, 0.05) is 41.7 Å². The van der Waals surface area contributed by atoms with Crippen molar-refractivity contribution in [1.82, 2.24) is 14.5 Å². The molecule has 2 heterocycles. The minimum absolute atomic E-state index is 0.147. The number of pyridine rings is 1. The van der Waals surface area contributed by atoms with E-state index >= 15 is 0 Å². The molecule has 0 radical (unpaired) electrons. The predicted octanol–water partition coefficient (Wildman–Crippen LogP) is 3.28. The number of benzene rings is 1.